The van der Waals surface area contributed by atoms with Gasteiger partial charge in [0.05, 0.1) is 43.7 Å². The van der Waals surface area contributed by atoms with Crippen molar-refractivity contribution in [2.75, 3.05) is 70.9 Å². The molecule has 5 heterocycles. The summed E-state index contributed by atoms with van der Waals surface area (Å²) in [5, 5.41) is 101. The van der Waals surface area contributed by atoms with Crippen molar-refractivity contribution in [2.24, 2.45) is 17.6 Å². The predicted octanol–water partition coefficient (Wildman–Crippen LogP) is -1.80. The van der Waals surface area contributed by atoms with E-state index in [0.29, 0.717) is 15.6 Å². The highest BCUT2D eigenvalue weighted by molar-refractivity contribution is 7.17. The van der Waals surface area contributed by atoms with Crippen LogP contribution in [0.4, 0.5) is 5.69 Å². The van der Waals surface area contributed by atoms with Crippen molar-refractivity contribution in [3.05, 3.63) is 77.9 Å². The first-order valence-electron chi connectivity index (χ1n) is 30.4. The minimum atomic E-state index is -2.02. The van der Waals surface area contributed by atoms with Gasteiger partial charge >= 0.3 is 0 Å². The molecule has 27 nitrogen and oxygen atoms in total. The van der Waals surface area contributed by atoms with Crippen molar-refractivity contribution in [3.63, 3.8) is 0 Å². The third-order valence-corrected chi connectivity index (χ3v) is 18.6. The maximum absolute atomic E-state index is 14.7. The van der Waals surface area contributed by atoms with Crippen LogP contribution in [0.1, 0.15) is 74.7 Å². The number of benzene rings is 3. The summed E-state index contributed by atoms with van der Waals surface area (Å²) in [6.45, 7) is 6.23. The Labute approximate surface area is 519 Å². The number of phenolic OH excluding ortho intramolecular Hbond substituents is 1. The van der Waals surface area contributed by atoms with Crippen LogP contribution in [0, 0.1) is 11.8 Å². The number of carbonyl (C=O) groups excluding carboxylic acids is 7. The van der Waals surface area contributed by atoms with Crippen LogP contribution < -0.4 is 42.0 Å². The van der Waals surface area contributed by atoms with Gasteiger partial charge in [-0.2, -0.15) is 0 Å². The van der Waals surface area contributed by atoms with Crippen molar-refractivity contribution >= 4 is 58.4 Å². The highest BCUT2D eigenvalue weighted by atomic mass is 32.1. The van der Waals surface area contributed by atoms with E-state index in [1.807, 2.05) is 12.1 Å². The maximum Gasteiger partial charge on any atom is 0.251 e. The number of fused-ring (bicyclic) bond motifs is 2. The van der Waals surface area contributed by atoms with E-state index in [-0.39, 0.29) is 42.1 Å². The van der Waals surface area contributed by atoms with Crippen LogP contribution >= 0.6 is 11.3 Å². The summed E-state index contributed by atoms with van der Waals surface area (Å²) in [5.41, 5.74) is 8.79. The monoisotopic (exact) mass is 1250 g/mol. The van der Waals surface area contributed by atoms with Crippen LogP contribution in [-0.2, 0) is 35.2 Å². The number of hydrogen-bond donors (Lipinski definition) is 13. The SMILES string of the molecule is COc1cc(C[C@@H](O)[C@@H]2NC(=O)[C@@H]3C[C@@H](O)CN3C(=O)[C@H]([C@@H](C)O)NC(=O)[C@@H](NC(=O)c3ccc(-c4nnc(-c5ccc(N6CCN(CC7CCCC7)CC6)cc5)s4)cc3)C[C@@H](O)CNC(=O)[C@@H]3[C@@H](O)[C@@H](C)CN3C(=O)[C@H]([C@H](O)CCN)NC2=O)ccc1O. The Kier molecular flexibility index (Phi) is 21.9. The van der Waals surface area contributed by atoms with Crippen LogP contribution in [0.3, 0.4) is 0 Å². The van der Waals surface area contributed by atoms with Gasteiger partial charge in [0.1, 0.15) is 46.3 Å². The van der Waals surface area contributed by atoms with Crippen LogP contribution in [0.2, 0.25) is 0 Å². The molecule has 7 amide bonds. The lowest BCUT2D eigenvalue weighted by Gasteiger charge is -2.37. The molecule has 9 rings (SSSR count). The molecule has 4 aromatic rings. The second kappa shape index (κ2) is 29.5. The Morgan fingerprint density at radius 2 is 1.38 bits per heavy atom. The van der Waals surface area contributed by atoms with E-state index in [9.17, 15) is 69.3 Å². The topological polar surface area (TPSA) is 395 Å². The number of ether oxygens (including phenoxy) is 1. The van der Waals surface area contributed by atoms with E-state index in [0.717, 1.165) is 60.1 Å². The molecule has 3 aromatic carbocycles. The number of nitrogens with one attached hydrogen (secondary N) is 5. The average molecular weight is 1260 g/mol. The molecule has 13 atom stereocenters. The number of aliphatic hydroxyl groups excluding tert-OH is 6. The number of carbonyl (C=O) groups is 7. The van der Waals surface area contributed by atoms with Gasteiger partial charge in [-0.25, -0.2) is 0 Å². The fourth-order valence-corrected chi connectivity index (χ4v) is 13.3. The van der Waals surface area contributed by atoms with Crippen LogP contribution in [0.25, 0.3) is 21.1 Å². The molecule has 5 fully saturated rings. The molecule has 89 heavy (non-hydrogen) atoms. The van der Waals surface area contributed by atoms with Crippen molar-refractivity contribution in [1.29, 1.82) is 0 Å². The molecule has 1 saturated carbocycles. The second-order valence-electron chi connectivity index (χ2n) is 24.1. The van der Waals surface area contributed by atoms with Gasteiger partial charge in [-0.05, 0) is 92.7 Å². The van der Waals surface area contributed by atoms with Crippen LogP contribution in [0.15, 0.2) is 66.7 Å². The Bertz CT molecular complexity index is 3140. The van der Waals surface area contributed by atoms with Crippen molar-refractivity contribution < 1.29 is 74.0 Å². The fourth-order valence-electron chi connectivity index (χ4n) is 12.5. The number of phenols is 1. The van der Waals surface area contributed by atoms with Gasteiger partial charge in [0.25, 0.3) is 5.91 Å². The number of aromatic nitrogens is 2. The highest BCUT2D eigenvalue weighted by Crippen LogP contribution is 2.33. The van der Waals surface area contributed by atoms with E-state index >= 15 is 0 Å². The average Bonchev–Trinajstić information content (AvgIpc) is 2.19. The minimum absolute atomic E-state index is 0.00112. The molecule has 1 aliphatic carbocycles. The van der Waals surface area contributed by atoms with E-state index in [2.05, 4.69) is 58.7 Å². The number of nitrogens with zero attached hydrogens (tertiary/aromatic N) is 6. The van der Waals surface area contributed by atoms with E-state index in [1.54, 1.807) is 19.1 Å². The summed E-state index contributed by atoms with van der Waals surface area (Å²) in [6.07, 6.45) is -6.35. The lowest BCUT2D eigenvalue weighted by Crippen LogP contribution is -2.64. The molecule has 0 radical (unpaired) electrons. The predicted molar refractivity (Wildman–Crippen MR) is 325 cm³/mol. The van der Waals surface area contributed by atoms with Crippen LogP contribution in [0.5, 0.6) is 11.5 Å². The first-order chi connectivity index (χ1) is 42.6. The number of anilines is 1. The number of aliphatic hydroxyl groups is 6. The number of β-amino-alcohol motifs (C(OH)–C–C–N with tert-alkyl or cyclic N) is 1. The van der Waals surface area contributed by atoms with Gasteiger partial charge in [-0.3, -0.25) is 38.5 Å². The van der Waals surface area contributed by atoms with Gasteiger partial charge < -0.3 is 87.5 Å². The zero-order valence-corrected chi connectivity index (χ0v) is 50.8. The third kappa shape index (κ3) is 15.8. The van der Waals surface area contributed by atoms with Crippen molar-refractivity contribution in [1.82, 2.24) is 51.5 Å². The molecule has 0 unspecified atom stereocenters. The molecule has 14 N–H and O–H groups in total. The number of amides is 7. The molecule has 4 saturated heterocycles. The normalized spacial score (nSPS) is 27.6. The Hall–Kier alpha value is -7.41. The summed E-state index contributed by atoms with van der Waals surface area (Å²) in [5.74, 6) is -7.67. The summed E-state index contributed by atoms with van der Waals surface area (Å²) < 4.78 is 5.20. The van der Waals surface area contributed by atoms with Crippen LogP contribution in [-0.4, -0.2) is 241 Å². The third-order valence-electron chi connectivity index (χ3n) is 17.6. The first-order valence-corrected chi connectivity index (χ1v) is 31.2. The van der Waals surface area contributed by atoms with Gasteiger partial charge in [0, 0.05) is 99.9 Å². The first kappa shape index (κ1) is 66.0. The Balaban J connectivity index is 0.951. The fraction of sp³-hybridized carbons (Fsp3) is 0.557. The molecule has 0 bridgehead atoms. The molecule has 0 spiro atoms. The van der Waals surface area contributed by atoms with Gasteiger partial charge in [-0.15, -0.1) is 10.2 Å². The zero-order valence-electron chi connectivity index (χ0n) is 50.0. The Morgan fingerprint density at radius 1 is 0.753 bits per heavy atom. The largest absolute Gasteiger partial charge is 0.504 e. The summed E-state index contributed by atoms with van der Waals surface area (Å²) in [4.78, 5) is 108. The quantitative estimate of drug-likeness (QED) is 0.0624. The number of nitrogens with two attached hydrogens (primary N) is 1. The number of aromatic hydroxyl groups is 1. The summed E-state index contributed by atoms with van der Waals surface area (Å²) >= 11 is 1.36. The van der Waals surface area contributed by atoms with Gasteiger partial charge in [-0.1, -0.05) is 49.3 Å². The maximum atomic E-state index is 14.7. The van der Waals surface area contributed by atoms with Crippen molar-refractivity contribution in [3.8, 4) is 32.6 Å². The molecule has 5 aliphatic rings. The number of methoxy groups -OCH3 is 1. The lowest BCUT2D eigenvalue weighted by atomic mass is 9.98. The molecule has 28 heteroatoms. The summed E-state index contributed by atoms with van der Waals surface area (Å²) in [7, 11) is 1.28. The number of piperazine rings is 1. The summed E-state index contributed by atoms with van der Waals surface area (Å²) in [6, 6.07) is 7.66. The molecule has 4 aliphatic heterocycles. The molecule has 1 aromatic heterocycles. The second-order valence-corrected chi connectivity index (χ2v) is 25.0. The van der Waals surface area contributed by atoms with Gasteiger partial charge in [0.15, 0.2) is 11.5 Å². The van der Waals surface area contributed by atoms with Gasteiger partial charge in [0.2, 0.25) is 35.4 Å². The molecule has 482 valence electrons. The van der Waals surface area contributed by atoms with E-state index in [4.69, 9.17) is 10.5 Å². The zero-order chi connectivity index (χ0) is 63.8. The van der Waals surface area contributed by atoms with Crippen molar-refractivity contribution in [2.45, 2.75) is 138 Å². The highest BCUT2D eigenvalue weighted by Gasteiger charge is 2.50. The number of hydrogen-bond acceptors (Lipinski definition) is 21. The van der Waals surface area contributed by atoms with E-state index in [1.165, 1.54) is 81.0 Å². The smallest absolute Gasteiger partial charge is 0.251 e. The lowest BCUT2D eigenvalue weighted by molar-refractivity contribution is -0.147. The molecular formula is C61H82N12O15S. The Morgan fingerprint density at radius 3 is 2.02 bits per heavy atom. The van der Waals surface area contributed by atoms with E-state index < -0.39 is 152 Å². The minimum Gasteiger partial charge on any atom is -0.504 e. The number of rotatable bonds is 15. The molecular weight excluding hydrogens is 1170 g/mol. The standard InChI is InChI=1S/C61H82N12O15S/c1-32-29-73-51(52(32)80)57(85)63-28-40(75)26-42(64-53(81)36-9-11-37(12-10-36)58-68-69-59(89-58)38-13-15-39(16-14-38)71-22-20-70(21-23-71)30-34-6-4-5-7-34)54(82)65-48(33(2)74)60(86)72-31-41(76)27-43(72)55(83)66-49(56(84)67-50(61(73)87)45(78)18-19-62)46(79)24-35-8-17-44(77)47(25-35)88-3/h8-17,25,32-34,40-43,45-46,48-52,74-80H,4-7,18-24,26-31,62H2,1-3H3,(H,63,85)(H,64,81)(H,65,82)(H,66,83)(H,67,84)/t32-,33+,40+,41+,42-,43-,45+,46+,48-,49-,50-,51-,52-/m0/s1.